The number of para-hydroxylation sites is 2. The molecule has 45 heavy (non-hydrogen) atoms. The molecule has 4 heteroatoms. The third kappa shape index (κ3) is 2.76. The molecule has 11 rings (SSSR count). The normalized spacial score (nSPS) is 22.6. The Bertz CT molecular complexity index is 2480. The SMILES string of the molecule is CC12CCC(C3=C1n1c4c(cc5c6c(ccc(c64)n4c6ccccc6nc14)CC5)B3c1ccc(-c3ccccc3)cc1)C2(C)C. The summed E-state index contributed by atoms with van der Waals surface area (Å²) in [5.74, 6) is 1.61. The van der Waals surface area contributed by atoms with Gasteiger partial charge in [0.05, 0.1) is 22.1 Å². The number of rotatable bonds is 2. The van der Waals surface area contributed by atoms with Crippen molar-refractivity contribution >= 4 is 62.0 Å². The largest absolute Gasteiger partial charge is 0.284 e. The van der Waals surface area contributed by atoms with Crippen molar-refractivity contribution in [2.24, 2.45) is 16.7 Å². The number of hydrogen-bond acceptors (Lipinski definition) is 1. The van der Waals surface area contributed by atoms with E-state index in [0.29, 0.717) is 5.92 Å². The summed E-state index contributed by atoms with van der Waals surface area (Å²) in [5.41, 5.74) is 16.9. The molecule has 5 aromatic carbocycles. The van der Waals surface area contributed by atoms with Gasteiger partial charge in [-0.25, -0.2) is 4.98 Å². The molecule has 2 aromatic heterocycles. The summed E-state index contributed by atoms with van der Waals surface area (Å²) in [6, 6.07) is 36.5. The van der Waals surface area contributed by atoms with Gasteiger partial charge in [0.15, 0.2) is 0 Å². The van der Waals surface area contributed by atoms with Crippen molar-refractivity contribution in [1.29, 1.82) is 0 Å². The van der Waals surface area contributed by atoms with Crippen molar-refractivity contribution < 1.29 is 0 Å². The van der Waals surface area contributed by atoms with Gasteiger partial charge in [0, 0.05) is 16.5 Å². The third-order valence-corrected chi connectivity index (χ3v) is 12.9. The number of allylic oxidation sites excluding steroid dienone is 2. The minimum absolute atomic E-state index is 0.0656. The first-order valence-electron chi connectivity index (χ1n) is 16.7. The highest BCUT2D eigenvalue weighted by Gasteiger charge is 2.64. The van der Waals surface area contributed by atoms with E-state index in [9.17, 15) is 0 Å². The van der Waals surface area contributed by atoms with Crippen LogP contribution in [0.1, 0.15) is 44.7 Å². The van der Waals surface area contributed by atoms with Crippen molar-refractivity contribution in [3.8, 4) is 11.1 Å². The highest BCUT2D eigenvalue weighted by molar-refractivity contribution is 6.93. The molecule has 2 atom stereocenters. The average molecular weight is 580 g/mol. The first-order valence-corrected chi connectivity index (χ1v) is 16.7. The zero-order valence-corrected chi connectivity index (χ0v) is 26.1. The van der Waals surface area contributed by atoms with Crippen molar-refractivity contribution in [3.05, 3.63) is 114 Å². The Balaban J connectivity index is 1.32. The summed E-state index contributed by atoms with van der Waals surface area (Å²) in [6.07, 6.45) is 4.74. The molecule has 1 saturated carbocycles. The molecule has 4 aliphatic rings. The summed E-state index contributed by atoms with van der Waals surface area (Å²) in [6.45, 7) is 7.91. The fourth-order valence-corrected chi connectivity index (χ4v) is 10.4. The van der Waals surface area contributed by atoms with Crippen molar-refractivity contribution in [2.75, 3.05) is 0 Å². The van der Waals surface area contributed by atoms with Crippen LogP contribution in [-0.2, 0) is 12.8 Å². The Morgan fingerprint density at radius 3 is 2.36 bits per heavy atom. The smallest absolute Gasteiger partial charge is 0.242 e. The van der Waals surface area contributed by atoms with Gasteiger partial charge in [-0.05, 0) is 88.3 Å². The maximum absolute atomic E-state index is 5.45. The third-order valence-electron chi connectivity index (χ3n) is 12.9. The lowest BCUT2D eigenvalue weighted by Gasteiger charge is -2.40. The van der Waals surface area contributed by atoms with Crippen LogP contribution < -0.4 is 10.9 Å². The van der Waals surface area contributed by atoms with Crippen LogP contribution in [-0.4, -0.2) is 20.7 Å². The van der Waals surface area contributed by atoms with E-state index in [4.69, 9.17) is 4.98 Å². The first-order chi connectivity index (χ1) is 22.0. The quantitative estimate of drug-likeness (QED) is 0.189. The Labute approximate surface area is 263 Å². The molecule has 0 spiro atoms. The van der Waals surface area contributed by atoms with Crippen LogP contribution in [0.5, 0.6) is 0 Å². The molecule has 7 aromatic rings. The molecule has 3 aliphatic carbocycles. The number of imidazole rings is 1. The van der Waals surface area contributed by atoms with Crippen molar-refractivity contribution in [2.45, 2.75) is 46.5 Å². The average Bonchev–Trinajstić information content (AvgIpc) is 3.77. The van der Waals surface area contributed by atoms with E-state index < -0.39 is 0 Å². The highest BCUT2D eigenvalue weighted by atomic mass is 15.2. The second kappa shape index (κ2) is 7.98. The van der Waals surface area contributed by atoms with Gasteiger partial charge >= 0.3 is 0 Å². The number of aryl methyl sites for hydroxylation is 2. The number of fused-ring (bicyclic) bond motifs is 10. The lowest BCUT2D eigenvalue weighted by Crippen LogP contribution is -2.50. The molecule has 216 valence electrons. The number of benzene rings is 5. The molecule has 1 fully saturated rings. The molecule has 1 aliphatic heterocycles. The van der Waals surface area contributed by atoms with Crippen LogP contribution in [0.2, 0.25) is 0 Å². The number of hydrogen-bond donors (Lipinski definition) is 0. The molecule has 3 nitrogen and oxygen atoms in total. The van der Waals surface area contributed by atoms with Gasteiger partial charge in [-0.2, -0.15) is 0 Å². The number of nitrogens with zero attached hydrogens (tertiary/aromatic N) is 3. The Morgan fingerprint density at radius 1 is 0.756 bits per heavy atom. The lowest BCUT2D eigenvalue weighted by molar-refractivity contribution is 0.184. The lowest BCUT2D eigenvalue weighted by atomic mass is 9.33. The summed E-state index contributed by atoms with van der Waals surface area (Å²) >= 11 is 0. The van der Waals surface area contributed by atoms with Crippen molar-refractivity contribution in [1.82, 2.24) is 14.0 Å². The summed E-state index contributed by atoms with van der Waals surface area (Å²) in [4.78, 5) is 5.45. The topological polar surface area (TPSA) is 22.2 Å². The van der Waals surface area contributed by atoms with Gasteiger partial charge < -0.3 is 0 Å². The van der Waals surface area contributed by atoms with Gasteiger partial charge in [-0.15, -0.1) is 0 Å². The van der Waals surface area contributed by atoms with E-state index in [-0.39, 0.29) is 17.5 Å². The van der Waals surface area contributed by atoms with Gasteiger partial charge in [0.25, 0.3) is 0 Å². The van der Waals surface area contributed by atoms with Crippen LogP contribution in [0.15, 0.2) is 103 Å². The fourth-order valence-electron chi connectivity index (χ4n) is 10.4. The van der Waals surface area contributed by atoms with Crippen LogP contribution in [0.25, 0.3) is 55.4 Å². The predicted molar refractivity (Wildman–Crippen MR) is 188 cm³/mol. The minimum Gasteiger partial charge on any atom is -0.284 e. The van der Waals surface area contributed by atoms with E-state index >= 15 is 0 Å². The van der Waals surface area contributed by atoms with Crippen LogP contribution in [0.3, 0.4) is 0 Å². The van der Waals surface area contributed by atoms with E-state index in [1.165, 1.54) is 79.0 Å². The molecule has 2 bridgehead atoms. The minimum atomic E-state index is 0.0656. The van der Waals surface area contributed by atoms with E-state index in [1.54, 1.807) is 5.47 Å². The van der Waals surface area contributed by atoms with Gasteiger partial charge in [0.1, 0.15) is 0 Å². The fraction of sp³-hybridized carbons (Fsp3) is 0.244. The second-order valence-corrected chi connectivity index (χ2v) is 14.9. The molecule has 0 saturated heterocycles. The van der Waals surface area contributed by atoms with Crippen molar-refractivity contribution in [3.63, 3.8) is 0 Å². The Hall–Kier alpha value is -4.57. The second-order valence-electron chi connectivity index (χ2n) is 14.9. The Kier molecular flexibility index (Phi) is 4.38. The molecule has 0 amide bonds. The summed E-state index contributed by atoms with van der Waals surface area (Å²) < 4.78 is 5.16. The Morgan fingerprint density at radius 2 is 1.51 bits per heavy atom. The zero-order chi connectivity index (χ0) is 29.8. The maximum atomic E-state index is 5.45. The monoisotopic (exact) mass is 579 g/mol. The predicted octanol–water partition coefficient (Wildman–Crippen LogP) is 8.19. The maximum Gasteiger partial charge on any atom is 0.242 e. The standard InChI is InChI=1S/C41H34BN3/c1-40(2)29-21-22-41(40,3)38-36(29)42(28-18-15-25(16-19-28)24-9-5-4-6-10-24)30-23-27-14-13-26-17-20-33-35(34(26)27)37(30)45(38)39-43-31-11-7-8-12-32(31)44(33)39/h4-12,15-20,23,29H,13-14,21-22H2,1-3H3. The van der Waals surface area contributed by atoms with Gasteiger partial charge in [0.2, 0.25) is 12.5 Å². The highest BCUT2D eigenvalue weighted by Crippen LogP contribution is 2.70. The van der Waals surface area contributed by atoms with E-state index in [0.717, 1.165) is 24.1 Å². The molecular formula is C41H34BN3. The number of aromatic nitrogens is 3. The molecule has 2 unspecified atom stereocenters. The summed E-state index contributed by atoms with van der Waals surface area (Å²) in [5, 5.41) is 2.93. The van der Waals surface area contributed by atoms with E-state index in [1.807, 2.05) is 0 Å². The molecule has 3 heterocycles. The van der Waals surface area contributed by atoms with E-state index in [2.05, 4.69) is 127 Å². The van der Waals surface area contributed by atoms with Crippen LogP contribution in [0.4, 0.5) is 0 Å². The van der Waals surface area contributed by atoms with Crippen LogP contribution in [0, 0.1) is 16.7 Å². The van der Waals surface area contributed by atoms with Gasteiger partial charge in [-0.3, -0.25) is 8.97 Å². The molecule has 0 radical (unpaired) electrons. The zero-order valence-electron chi connectivity index (χ0n) is 26.1. The molecular weight excluding hydrogens is 545 g/mol. The summed E-state index contributed by atoms with van der Waals surface area (Å²) in [7, 11) is 0. The van der Waals surface area contributed by atoms with Gasteiger partial charge in [-0.1, -0.05) is 111 Å². The van der Waals surface area contributed by atoms with Crippen LogP contribution >= 0.6 is 0 Å². The molecule has 0 N–H and O–H groups in total. The first kappa shape index (κ1) is 24.7.